The van der Waals surface area contributed by atoms with Gasteiger partial charge in [0.15, 0.2) is 0 Å². The Labute approximate surface area is 129 Å². The number of carboxylic acids is 1. The summed E-state index contributed by atoms with van der Waals surface area (Å²) in [6.45, 7) is 10.2. The molecule has 0 saturated carbocycles. The average Bonchev–Trinajstić information content (AvgIpc) is 2.82. The van der Waals surface area contributed by atoms with Crippen LogP contribution in [0.25, 0.3) is 0 Å². The van der Waals surface area contributed by atoms with E-state index in [-0.39, 0.29) is 23.8 Å². The lowest BCUT2D eigenvalue weighted by Crippen LogP contribution is -2.33. The van der Waals surface area contributed by atoms with Crippen LogP contribution in [0.15, 0.2) is 5.38 Å². The highest BCUT2D eigenvalue weighted by atomic mass is 32.1. The number of hydrogen-bond donors (Lipinski definition) is 2. The number of hydrogen-bond acceptors (Lipinski definition) is 4. The Morgan fingerprint density at radius 3 is 2.43 bits per heavy atom. The summed E-state index contributed by atoms with van der Waals surface area (Å²) >= 11 is 1.45. The van der Waals surface area contributed by atoms with E-state index in [1.54, 1.807) is 5.38 Å². The van der Waals surface area contributed by atoms with Crippen LogP contribution < -0.4 is 5.32 Å². The quantitative estimate of drug-likeness (QED) is 0.846. The number of nitrogens with one attached hydrogen (secondary N) is 1. The van der Waals surface area contributed by atoms with Crippen molar-refractivity contribution in [2.45, 2.75) is 46.5 Å². The van der Waals surface area contributed by atoms with E-state index in [1.165, 1.54) is 11.3 Å². The molecule has 0 radical (unpaired) electrons. The van der Waals surface area contributed by atoms with Gasteiger partial charge in [-0.15, -0.1) is 11.3 Å². The normalized spacial score (nSPS) is 13.2. The molecule has 0 spiro atoms. The van der Waals surface area contributed by atoms with Crippen molar-refractivity contribution in [1.82, 2.24) is 10.3 Å². The largest absolute Gasteiger partial charge is 0.481 e. The smallest absolute Gasteiger partial charge is 0.308 e. The Bertz CT molecular complexity index is 503. The average molecular weight is 312 g/mol. The summed E-state index contributed by atoms with van der Waals surface area (Å²) in [6.07, 6.45) is 0.542. The molecule has 0 aliphatic rings. The lowest BCUT2D eigenvalue weighted by Gasteiger charge is -2.15. The summed E-state index contributed by atoms with van der Waals surface area (Å²) in [7, 11) is 0. The molecule has 1 aromatic rings. The maximum atomic E-state index is 12.0. The van der Waals surface area contributed by atoms with E-state index < -0.39 is 11.9 Å². The van der Waals surface area contributed by atoms with Gasteiger partial charge in [0.2, 0.25) is 0 Å². The number of aromatic nitrogens is 1. The fourth-order valence-electron chi connectivity index (χ4n) is 1.87. The number of carboxylic acid groups (broad SMARTS) is 1. The zero-order chi connectivity index (χ0) is 16.2. The van der Waals surface area contributed by atoms with Gasteiger partial charge in [-0.2, -0.15) is 0 Å². The van der Waals surface area contributed by atoms with Crippen LogP contribution in [0.3, 0.4) is 0 Å². The SMILES string of the molecule is CC(C)CC(CNC(=O)c1csc(C(C)(C)C)n1)C(=O)O. The van der Waals surface area contributed by atoms with Crippen LogP contribution in [0.4, 0.5) is 0 Å². The van der Waals surface area contributed by atoms with Crippen LogP contribution in [-0.2, 0) is 10.2 Å². The van der Waals surface area contributed by atoms with Gasteiger partial charge >= 0.3 is 5.97 Å². The molecule has 0 bridgehead atoms. The first-order valence-corrected chi connectivity index (χ1v) is 7.96. The van der Waals surface area contributed by atoms with E-state index in [4.69, 9.17) is 5.11 Å². The third kappa shape index (κ3) is 5.46. The van der Waals surface area contributed by atoms with Crippen molar-refractivity contribution in [2.75, 3.05) is 6.54 Å². The first kappa shape index (κ1) is 17.6. The van der Waals surface area contributed by atoms with Crippen LogP contribution in [0.1, 0.15) is 56.5 Å². The number of carbonyl (C=O) groups excluding carboxylic acids is 1. The van der Waals surface area contributed by atoms with Crippen LogP contribution in [0.2, 0.25) is 0 Å². The Morgan fingerprint density at radius 2 is 2.00 bits per heavy atom. The summed E-state index contributed by atoms with van der Waals surface area (Å²) in [5, 5.41) is 14.4. The molecule has 0 aliphatic carbocycles. The van der Waals surface area contributed by atoms with Crippen LogP contribution >= 0.6 is 11.3 Å². The van der Waals surface area contributed by atoms with Crippen LogP contribution in [-0.4, -0.2) is 28.5 Å². The van der Waals surface area contributed by atoms with Gasteiger partial charge in [0.1, 0.15) is 5.69 Å². The Hall–Kier alpha value is -1.43. The highest BCUT2D eigenvalue weighted by Gasteiger charge is 2.23. The highest BCUT2D eigenvalue weighted by Crippen LogP contribution is 2.25. The Morgan fingerprint density at radius 1 is 1.38 bits per heavy atom. The van der Waals surface area contributed by atoms with Gasteiger partial charge in [-0.3, -0.25) is 9.59 Å². The molecule has 1 unspecified atom stereocenters. The van der Waals surface area contributed by atoms with Crippen LogP contribution in [0, 0.1) is 11.8 Å². The van der Waals surface area contributed by atoms with Crippen molar-refractivity contribution in [3.63, 3.8) is 0 Å². The Kier molecular flexibility index (Phi) is 5.89. The topological polar surface area (TPSA) is 79.3 Å². The molecule has 1 rings (SSSR count). The van der Waals surface area contributed by atoms with Crippen molar-refractivity contribution < 1.29 is 14.7 Å². The number of aliphatic carboxylic acids is 1. The zero-order valence-electron chi connectivity index (χ0n) is 13.3. The molecule has 1 amide bonds. The molecule has 21 heavy (non-hydrogen) atoms. The van der Waals surface area contributed by atoms with Crippen molar-refractivity contribution in [3.8, 4) is 0 Å². The summed E-state index contributed by atoms with van der Waals surface area (Å²) < 4.78 is 0. The fraction of sp³-hybridized carbons (Fsp3) is 0.667. The summed E-state index contributed by atoms with van der Waals surface area (Å²) in [6, 6.07) is 0. The van der Waals surface area contributed by atoms with E-state index in [2.05, 4.69) is 10.3 Å². The predicted octanol–water partition coefficient (Wildman–Crippen LogP) is 2.92. The summed E-state index contributed by atoms with van der Waals surface area (Å²) in [4.78, 5) is 27.5. The molecule has 0 saturated heterocycles. The van der Waals surface area contributed by atoms with Gasteiger partial charge in [0.25, 0.3) is 5.91 Å². The minimum absolute atomic E-state index is 0.0928. The summed E-state index contributed by atoms with van der Waals surface area (Å²) in [5.74, 6) is -1.47. The third-order valence-electron chi connectivity index (χ3n) is 2.99. The van der Waals surface area contributed by atoms with Gasteiger partial charge in [-0.05, 0) is 12.3 Å². The maximum Gasteiger partial charge on any atom is 0.308 e. The van der Waals surface area contributed by atoms with Gasteiger partial charge in [0, 0.05) is 17.3 Å². The molecule has 6 heteroatoms. The van der Waals surface area contributed by atoms with E-state index in [1.807, 2.05) is 34.6 Å². The van der Waals surface area contributed by atoms with Gasteiger partial charge in [-0.1, -0.05) is 34.6 Å². The molecule has 1 atom stereocenters. The lowest BCUT2D eigenvalue weighted by molar-refractivity contribution is -0.142. The molecule has 1 heterocycles. The van der Waals surface area contributed by atoms with Gasteiger partial charge < -0.3 is 10.4 Å². The van der Waals surface area contributed by atoms with E-state index in [0.717, 1.165) is 5.01 Å². The molecule has 2 N–H and O–H groups in total. The van der Waals surface area contributed by atoms with Crippen molar-refractivity contribution >= 4 is 23.2 Å². The van der Waals surface area contributed by atoms with E-state index in [9.17, 15) is 9.59 Å². The number of carbonyl (C=O) groups is 2. The van der Waals surface area contributed by atoms with Crippen molar-refractivity contribution in [2.24, 2.45) is 11.8 Å². The minimum atomic E-state index is -0.877. The number of thiazole rings is 1. The minimum Gasteiger partial charge on any atom is -0.481 e. The monoisotopic (exact) mass is 312 g/mol. The van der Waals surface area contributed by atoms with Crippen molar-refractivity contribution in [1.29, 1.82) is 0 Å². The zero-order valence-corrected chi connectivity index (χ0v) is 14.1. The predicted molar refractivity (Wildman–Crippen MR) is 83.7 cm³/mol. The van der Waals surface area contributed by atoms with Gasteiger partial charge in [-0.25, -0.2) is 4.98 Å². The molecule has 0 fully saturated rings. The molecule has 0 aromatic carbocycles. The molecule has 0 aliphatic heterocycles. The first-order valence-electron chi connectivity index (χ1n) is 7.08. The molecule has 1 aromatic heterocycles. The Balaban J connectivity index is 2.64. The number of nitrogens with zero attached hydrogens (tertiary/aromatic N) is 1. The molecular weight excluding hydrogens is 288 g/mol. The lowest BCUT2D eigenvalue weighted by atomic mass is 9.97. The molecule has 118 valence electrons. The second-order valence-corrected chi connectivity index (χ2v) is 7.52. The first-order chi connectivity index (χ1) is 9.61. The fourth-order valence-corrected chi connectivity index (χ4v) is 2.76. The molecule has 5 nitrogen and oxygen atoms in total. The van der Waals surface area contributed by atoms with E-state index >= 15 is 0 Å². The highest BCUT2D eigenvalue weighted by molar-refractivity contribution is 7.10. The molecular formula is C15H24N2O3S. The number of rotatable bonds is 6. The van der Waals surface area contributed by atoms with E-state index in [0.29, 0.717) is 12.1 Å². The van der Waals surface area contributed by atoms with Gasteiger partial charge in [0.05, 0.1) is 10.9 Å². The summed E-state index contributed by atoms with van der Waals surface area (Å²) in [5.41, 5.74) is 0.267. The third-order valence-corrected chi connectivity index (χ3v) is 4.26. The number of amides is 1. The van der Waals surface area contributed by atoms with Crippen LogP contribution in [0.5, 0.6) is 0 Å². The second-order valence-electron chi connectivity index (χ2n) is 6.66. The van der Waals surface area contributed by atoms with Crippen molar-refractivity contribution in [3.05, 3.63) is 16.1 Å². The maximum absolute atomic E-state index is 12.0. The second kappa shape index (κ2) is 7.02. The standard InChI is InChI=1S/C15H24N2O3S/c1-9(2)6-10(13(19)20)7-16-12(18)11-8-21-14(17-11)15(3,4)5/h8-10H,6-7H2,1-5H3,(H,16,18)(H,19,20).